The van der Waals surface area contributed by atoms with Crippen LogP contribution in [0.4, 0.5) is 10.8 Å². The minimum Gasteiger partial charge on any atom is -0.350 e. The summed E-state index contributed by atoms with van der Waals surface area (Å²) in [6.07, 6.45) is 10.8. The molecule has 8 nitrogen and oxygen atoms in total. The highest BCUT2D eigenvalue weighted by atomic mass is 32.2. The molecule has 5 rings (SSSR count). The fourth-order valence-corrected chi connectivity index (χ4v) is 6.66. The van der Waals surface area contributed by atoms with E-state index in [0.29, 0.717) is 5.92 Å². The normalized spacial score (nSPS) is 19.6. The monoisotopic (exact) mass is 484 g/mol. The van der Waals surface area contributed by atoms with Crippen LogP contribution in [0, 0.1) is 22.7 Å². The number of thiophene rings is 1. The Bertz CT molecular complexity index is 1050. The molecule has 2 aromatic rings. The van der Waals surface area contributed by atoms with Gasteiger partial charge in [0.1, 0.15) is 10.8 Å². The molecular weight excluding hydrogens is 452 g/mol. The largest absolute Gasteiger partial charge is 0.350 e. The Morgan fingerprint density at radius 1 is 1.33 bits per heavy atom. The highest BCUT2D eigenvalue weighted by molar-refractivity contribution is 7.97. The molecule has 33 heavy (non-hydrogen) atoms. The molecule has 176 valence electrons. The van der Waals surface area contributed by atoms with Gasteiger partial charge in [0.2, 0.25) is 5.96 Å². The second-order valence-electron chi connectivity index (χ2n) is 9.23. The Labute approximate surface area is 203 Å². The van der Waals surface area contributed by atoms with Gasteiger partial charge in [0.25, 0.3) is 0 Å². The van der Waals surface area contributed by atoms with Gasteiger partial charge in [-0.25, -0.2) is 0 Å². The van der Waals surface area contributed by atoms with Crippen LogP contribution in [-0.4, -0.2) is 39.6 Å². The van der Waals surface area contributed by atoms with Crippen molar-refractivity contribution < 1.29 is 0 Å². The number of rotatable bonds is 10. The highest BCUT2D eigenvalue weighted by Crippen LogP contribution is 2.46. The molecular formula is C23H32N8S2. The van der Waals surface area contributed by atoms with Crippen molar-refractivity contribution in [3.8, 4) is 0 Å². The predicted molar refractivity (Wildman–Crippen MR) is 137 cm³/mol. The zero-order valence-electron chi connectivity index (χ0n) is 19.0. The maximum Gasteiger partial charge on any atom is 0.202 e. The molecule has 0 radical (unpaired) electrons. The fraction of sp³-hybridized carbons (Fsp3) is 0.522. The zero-order chi connectivity index (χ0) is 22.9. The van der Waals surface area contributed by atoms with Gasteiger partial charge >= 0.3 is 0 Å². The van der Waals surface area contributed by atoms with Crippen LogP contribution in [-0.2, 0) is 19.9 Å². The van der Waals surface area contributed by atoms with Crippen LogP contribution in [0.5, 0.6) is 0 Å². The summed E-state index contributed by atoms with van der Waals surface area (Å²) in [5.74, 6) is 2.38. The molecule has 0 aliphatic heterocycles. The van der Waals surface area contributed by atoms with Gasteiger partial charge in [0, 0.05) is 36.3 Å². The van der Waals surface area contributed by atoms with E-state index in [2.05, 4.69) is 27.0 Å². The first-order chi connectivity index (χ1) is 16.0. The van der Waals surface area contributed by atoms with Crippen molar-refractivity contribution in [3.63, 3.8) is 0 Å². The highest BCUT2D eigenvalue weighted by Gasteiger charge is 2.32. The number of hydrogen-bond donors (Lipinski definition) is 5. The molecule has 10 heteroatoms. The quantitative estimate of drug-likeness (QED) is 0.191. The summed E-state index contributed by atoms with van der Waals surface area (Å²) in [5.41, 5.74) is 2.49. The lowest BCUT2D eigenvalue weighted by molar-refractivity contribution is 0.392. The molecule has 1 atom stereocenters. The summed E-state index contributed by atoms with van der Waals surface area (Å²) in [6, 6.07) is 1.90. The molecule has 2 fully saturated rings. The second kappa shape index (κ2) is 9.52. The maximum atomic E-state index is 8.59. The second-order valence-corrected chi connectivity index (χ2v) is 11.2. The number of aromatic nitrogens is 2. The Morgan fingerprint density at radius 3 is 2.82 bits per heavy atom. The number of allylic oxidation sites excluding steroid dienone is 1. The number of hydrogen-bond acceptors (Lipinski definition) is 7. The topological polar surface area (TPSA) is 105 Å². The van der Waals surface area contributed by atoms with E-state index in [9.17, 15) is 0 Å². The lowest BCUT2D eigenvalue weighted by Gasteiger charge is -2.33. The first-order valence-electron chi connectivity index (χ1n) is 11.7. The lowest BCUT2D eigenvalue weighted by Crippen LogP contribution is -2.45. The van der Waals surface area contributed by atoms with E-state index in [-0.39, 0.29) is 12.0 Å². The predicted octanol–water partition coefficient (Wildman–Crippen LogP) is 4.64. The smallest absolute Gasteiger partial charge is 0.202 e. The molecule has 1 unspecified atom stereocenters. The van der Waals surface area contributed by atoms with Gasteiger partial charge in [0.05, 0.1) is 17.4 Å². The summed E-state index contributed by atoms with van der Waals surface area (Å²) in [5, 5.41) is 28.7. The number of aryl methyl sites for hydroxylation is 2. The molecule has 0 bridgehead atoms. The summed E-state index contributed by atoms with van der Waals surface area (Å²) < 4.78 is 5.30. The third-order valence-corrected chi connectivity index (χ3v) is 8.93. The van der Waals surface area contributed by atoms with Crippen LogP contribution in [0.15, 0.2) is 29.4 Å². The Balaban J connectivity index is 1.33. The summed E-state index contributed by atoms with van der Waals surface area (Å²) in [4.78, 5) is 4.44. The summed E-state index contributed by atoms with van der Waals surface area (Å²) >= 11 is 3.60. The van der Waals surface area contributed by atoms with Gasteiger partial charge in [0.15, 0.2) is 0 Å². The maximum absolute atomic E-state index is 8.59. The molecule has 2 saturated carbocycles. The molecule has 0 amide bonds. The third kappa shape index (κ3) is 5.12. The van der Waals surface area contributed by atoms with Gasteiger partial charge in [-0.05, 0) is 74.3 Å². The number of nitrogens with zero attached hydrogens (tertiary/aromatic N) is 3. The van der Waals surface area contributed by atoms with Gasteiger partial charge in [-0.2, -0.15) is 5.10 Å². The minimum atomic E-state index is 0.0695. The van der Waals surface area contributed by atoms with Gasteiger partial charge in [-0.15, -0.1) is 11.3 Å². The van der Waals surface area contributed by atoms with Crippen molar-refractivity contribution in [2.75, 3.05) is 17.2 Å². The first kappa shape index (κ1) is 22.5. The molecule has 2 aromatic heterocycles. The van der Waals surface area contributed by atoms with Crippen LogP contribution in [0.1, 0.15) is 42.5 Å². The van der Waals surface area contributed by atoms with Crippen LogP contribution >= 0.6 is 23.3 Å². The Hall–Kier alpha value is -2.30. The van der Waals surface area contributed by atoms with E-state index >= 15 is 0 Å². The van der Waals surface area contributed by atoms with Crippen LogP contribution in [0.25, 0.3) is 0 Å². The van der Waals surface area contributed by atoms with Crippen molar-refractivity contribution in [1.29, 1.82) is 10.8 Å². The molecule has 3 aliphatic carbocycles. The number of guanidine groups is 1. The van der Waals surface area contributed by atoms with E-state index in [1.807, 2.05) is 24.5 Å². The van der Waals surface area contributed by atoms with Crippen LogP contribution < -0.4 is 15.4 Å². The Morgan fingerprint density at radius 2 is 2.15 bits per heavy atom. The molecule has 0 aromatic carbocycles. The van der Waals surface area contributed by atoms with Crippen LogP contribution in [0.3, 0.4) is 0 Å². The van der Waals surface area contributed by atoms with Gasteiger partial charge < -0.3 is 15.5 Å². The minimum absolute atomic E-state index is 0.0695. The third-order valence-electron chi connectivity index (χ3n) is 6.63. The molecule has 2 heterocycles. The SMILES string of the molecule is C=C(Nc1sc2c(c1SNCC1CC1)CC(N(C=N)C(=N)Nc1ccnn1C)CC2)C1CC1. The van der Waals surface area contributed by atoms with E-state index in [1.54, 1.807) is 27.7 Å². The standard InChI is InChI=1S/C23H32N8S2/c1-14(16-5-6-16)28-22-21(33-27-12-15-3-4-15)18-11-17(7-8-19(18)32-22)31(13-24)23(25)29-20-9-10-26-30(20)2/h9-10,13,15-17,24,27-28H,1,3-8,11-12H2,2H3,(H2,25,29). The van der Waals surface area contributed by atoms with Gasteiger partial charge in [-0.3, -0.25) is 20.2 Å². The van der Waals surface area contributed by atoms with Crippen molar-refractivity contribution in [3.05, 3.63) is 35.0 Å². The average Bonchev–Trinajstić information content (AvgIpc) is 3.72. The number of anilines is 2. The Kier molecular flexibility index (Phi) is 6.49. The van der Waals surface area contributed by atoms with E-state index < -0.39 is 0 Å². The molecule has 5 N–H and O–H groups in total. The van der Waals surface area contributed by atoms with Crippen molar-refractivity contribution in [2.24, 2.45) is 18.9 Å². The van der Waals surface area contributed by atoms with Crippen molar-refractivity contribution >= 4 is 46.4 Å². The molecule has 3 aliphatic rings. The van der Waals surface area contributed by atoms with Crippen molar-refractivity contribution in [1.82, 2.24) is 19.4 Å². The number of fused-ring (bicyclic) bond motifs is 1. The molecule has 0 spiro atoms. The van der Waals surface area contributed by atoms with Crippen LogP contribution in [0.2, 0.25) is 0 Å². The zero-order valence-corrected chi connectivity index (χ0v) is 20.6. The lowest BCUT2D eigenvalue weighted by atomic mass is 9.93. The molecule has 0 saturated heterocycles. The number of nitrogens with one attached hydrogen (secondary N) is 5. The fourth-order valence-electron chi connectivity index (χ4n) is 4.23. The first-order valence-corrected chi connectivity index (χ1v) is 13.3. The van der Waals surface area contributed by atoms with Gasteiger partial charge in [-0.1, -0.05) is 6.58 Å². The van der Waals surface area contributed by atoms with E-state index in [4.69, 9.17) is 10.8 Å². The van der Waals surface area contributed by atoms with Crippen molar-refractivity contribution in [2.45, 2.75) is 55.9 Å². The summed E-state index contributed by atoms with van der Waals surface area (Å²) in [7, 11) is 1.84. The van der Waals surface area contributed by atoms with E-state index in [1.165, 1.54) is 52.4 Å². The van der Waals surface area contributed by atoms with E-state index in [0.717, 1.165) is 43.2 Å². The summed E-state index contributed by atoms with van der Waals surface area (Å²) in [6.45, 7) is 5.33. The average molecular weight is 485 g/mol.